The van der Waals surface area contributed by atoms with Crippen molar-refractivity contribution in [1.82, 2.24) is 0 Å². The Labute approximate surface area is 188 Å². The van der Waals surface area contributed by atoms with Gasteiger partial charge in [-0.15, -0.1) is 0 Å². The van der Waals surface area contributed by atoms with Crippen LogP contribution in [0.15, 0.2) is 11.6 Å². The summed E-state index contributed by atoms with van der Waals surface area (Å²) in [7, 11) is 0. The lowest BCUT2D eigenvalue weighted by Crippen LogP contribution is -2.66. The van der Waals surface area contributed by atoms with Crippen LogP contribution in [0.25, 0.3) is 0 Å². The fourth-order valence-corrected chi connectivity index (χ4v) is 10.9. The highest BCUT2D eigenvalue weighted by Crippen LogP contribution is 2.78. The lowest BCUT2D eigenvalue weighted by Gasteiger charge is -2.74. The van der Waals surface area contributed by atoms with Crippen molar-refractivity contribution in [3.05, 3.63) is 11.6 Å². The number of hydrogen-bond donors (Lipinski definition) is 0. The molecule has 0 heteroatoms. The smallest absolute Gasteiger partial charge is 0.00854 e. The van der Waals surface area contributed by atoms with E-state index in [2.05, 4.69) is 61.5 Å². The van der Waals surface area contributed by atoms with Gasteiger partial charge in [-0.1, -0.05) is 60.1 Å². The van der Waals surface area contributed by atoms with Gasteiger partial charge in [0.15, 0.2) is 0 Å². The molecule has 0 radical (unpaired) electrons. The second-order valence-corrected chi connectivity index (χ2v) is 14.9. The molecule has 0 N–H and O–H groups in total. The third-order valence-electron chi connectivity index (χ3n) is 13.3. The quantitative estimate of drug-likeness (QED) is 0.349. The first kappa shape index (κ1) is 21.6. The van der Waals surface area contributed by atoms with Gasteiger partial charge in [0.25, 0.3) is 0 Å². The molecule has 4 fully saturated rings. The van der Waals surface area contributed by atoms with Crippen molar-refractivity contribution < 1.29 is 0 Å². The zero-order valence-electron chi connectivity index (χ0n) is 21.6. The lowest BCUT2D eigenvalue weighted by atomic mass is 9.30. The molecule has 30 heavy (non-hydrogen) atoms. The van der Waals surface area contributed by atoms with E-state index in [0.717, 1.165) is 17.8 Å². The molecule has 0 spiro atoms. The van der Waals surface area contributed by atoms with Crippen molar-refractivity contribution in [2.45, 2.75) is 126 Å². The molecule has 0 heterocycles. The summed E-state index contributed by atoms with van der Waals surface area (Å²) in [5, 5.41) is 0. The van der Waals surface area contributed by atoms with E-state index in [-0.39, 0.29) is 0 Å². The predicted octanol–water partition coefficient (Wildman–Crippen LogP) is 9.20. The Bertz CT molecular complexity index is 758. The molecule has 0 unspecified atom stereocenters. The van der Waals surface area contributed by atoms with Crippen molar-refractivity contribution in [2.75, 3.05) is 0 Å². The second kappa shape index (κ2) is 6.20. The molecule has 0 bridgehead atoms. The predicted molar refractivity (Wildman–Crippen MR) is 129 cm³/mol. The molecule has 0 aromatic rings. The summed E-state index contributed by atoms with van der Waals surface area (Å²) in [4.78, 5) is 0. The summed E-state index contributed by atoms with van der Waals surface area (Å²) in [5.74, 6) is 2.77. The Morgan fingerprint density at radius 3 is 2.03 bits per heavy atom. The minimum Gasteiger partial charge on any atom is -0.0850 e. The van der Waals surface area contributed by atoms with Gasteiger partial charge in [0.05, 0.1) is 0 Å². The summed E-state index contributed by atoms with van der Waals surface area (Å²) < 4.78 is 0. The zero-order chi connectivity index (χ0) is 21.8. The Morgan fingerprint density at radius 2 is 1.30 bits per heavy atom. The van der Waals surface area contributed by atoms with Crippen LogP contribution >= 0.6 is 0 Å². The van der Waals surface area contributed by atoms with Crippen LogP contribution in [0.5, 0.6) is 0 Å². The Morgan fingerprint density at radius 1 is 0.667 bits per heavy atom. The number of rotatable bonds is 0. The van der Waals surface area contributed by atoms with Crippen molar-refractivity contribution in [2.24, 2.45) is 50.2 Å². The van der Waals surface area contributed by atoms with Crippen LogP contribution in [0.3, 0.4) is 0 Å². The van der Waals surface area contributed by atoms with E-state index < -0.39 is 0 Å². The molecule has 4 saturated carbocycles. The Hall–Kier alpha value is -0.260. The SMILES string of the molecule is CC1=CCC[C@H]2[C@]3(C)CC[C@@]4(C)[C@@H]5CC(C)(C)CC[C@]5(C)CC[C@]4(C)[C@H]3CC[C@]12C. The van der Waals surface area contributed by atoms with E-state index in [1.165, 1.54) is 70.6 Å². The molecule has 0 aromatic heterocycles. The van der Waals surface area contributed by atoms with Gasteiger partial charge in [-0.05, 0) is 128 Å². The van der Waals surface area contributed by atoms with Crippen LogP contribution in [-0.2, 0) is 0 Å². The fraction of sp³-hybridized carbons (Fsp3) is 0.933. The normalized spacial score (nSPS) is 57.3. The van der Waals surface area contributed by atoms with Crippen LogP contribution in [-0.4, -0.2) is 0 Å². The fourth-order valence-electron chi connectivity index (χ4n) is 10.9. The van der Waals surface area contributed by atoms with Crippen molar-refractivity contribution in [3.63, 3.8) is 0 Å². The number of hydrogen-bond acceptors (Lipinski definition) is 0. The van der Waals surface area contributed by atoms with Crippen LogP contribution in [0.4, 0.5) is 0 Å². The highest BCUT2D eigenvalue weighted by Gasteiger charge is 2.70. The molecule has 0 aromatic carbocycles. The molecule has 0 aliphatic heterocycles. The molecule has 0 saturated heterocycles. The summed E-state index contributed by atoms with van der Waals surface area (Å²) >= 11 is 0. The van der Waals surface area contributed by atoms with Crippen LogP contribution in [0.1, 0.15) is 126 Å². The number of allylic oxidation sites excluding steroid dienone is 2. The lowest BCUT2D eigenvalue weighted by molar-refractivity contribution is -0.248. The third kappa shape index (κ3) is 2.52. The minimum atomic E-state index is 0.476. The van der Waals surface area contributed by atoms with Gasteiger partial charge in [-0.3, -0.25) is 0 Å². The zero-order valence-corrected chi connectivity index (χ0v) is 21.6. The van der Waals surface area contributed by atoms with Gasteiger partial charge in [0, 0.05) is 0 Å². The average Bonchev–Trinajstić information content (AvgIpc) is 2.67. The molecule has 170 valence electrons. The molecule has 5 aliphatic carbocycles. The maximum atomic E-state index is 2.80. The van der Waals surface area contributed by atoms with Gasteiger partial charge in [0.2, 0.25) is 0 Å². The van der Waals surface area contributed by atoms with Crippen LogP contribution < -0.4 is 0 Å². The van der Waals surface area contributed by atoms with Crippen molar-refractivity contribution in [3.8, 4) is 0 Å². The first-order chi connectivity index (χ1) is 13.8. The topological polar surface area (TPSA) is 0 Å². The maximum Gasteiger partial charge on any atom is -0.00854 e. The molecule has 0 amide bonds. The third-order valence-corrected chi connectivity index (χ3v) is 13.3. The molecule has 0 nitrogen and oxygen atoms in total. The van der Waals surface area contributed by atoms with Gasteiger partial charge in [0.1, 0.15) is 0 Å². The summed E-state index contributed by atoms with van der Waals surface area (Å²) in [6.07, 6.45) is 18.6. The van der Waals surface area contributed by atoms with Crippen molar-refractivity contribution in [1.29, 1.82) is 0 Å². The summed E-state index contributed by atoms with van der Waals surface area (Å²) in [5.41, 5.74) is 4.97. The van der Waals surface area contributed by atoms with E-state index in [1.807, 2.05) is 0 Å². The first-order valence-corrected chi connectivity index (χ1v) is 13.5. The highest BCUT2D eigenvalue weighted by atomic mass is 14.7. The largest absolute Gasteiger partial charge is 0.0850 e. The molecule has 5 aliphatic rings. The van der Waals surface area contributed by atoms with Crippen LogP contribution in [0.2, 0.25) is 0 Å². The van der Waals surface area contributed by atoms with Crippen LogP contribution in [0, 0.1) is 50.2 Å². The van der Waals surface area contributed by atoms with E-state index in [9.17, 15) is 0 Å². The Kier molecular flexibility index (Phi) is 4.46. The molecule has 5 rings (SSSR count). The highest BCUT2D eigenvalue weighted by molar-refractivity contribution is 5.25. The standard InChI is InChI=1S/C30H50/c1-21-10-9-11-22-27(21,5)13-12-23-28(22,6)17-19-30(8)24-20-25(2,3)14-15-26(24,4)16-18-29(23,30)7/h10,22-24H,9,11-20H2,1-8H3/t22-,23+,24-,26-,27-,28+,29-,30+/m1/s1. The van der Waals surface area contributed by atoms with E-state index in [4.69, 9.17) is 0 Å². The van der Waals surface area contributed by atoms with Gasteiger partial charge >= 0.3 is 0 Å². The monoisotopic (exact) mass is 410 g/mol. The first-order valence-electron chi connectivity index (χ1n) is 13.5. The average molecular weight is 411 g/mol. The maximum absolute atomic E-state index is 2.80. The summed E-state index contributed by atoms with van der Waals surface area (Å²) in [6, 6.07) is 0. The van der Waals surface area contributed by atoms with Gasteiger partial charge in [-0.2, -0.15) is 0 Å². The van der Waals surface area contributed by atoms with Gasteiger partial charge < -0.3 is 0 Å². The second-order valence-electron chi connectivity index (χ2n) is 14.9. The van der Waals surface area contributed by atoms with E-state index in [0.29, 0.717) is 32.5 Å². The van der Waals surface area contributed by atoms with E-state index in [1.54, 1.807) is 5.57 Å². The molecular weight excluding hydrogens is 360 g/mol. The minimum absolute atomic E-state index is 0.476. The van der Waals surface area contributed by atoms with Gasteiger partial charge in [-0.25, -0.2) is 0 Å². The Balaban J connectivity index is 1.56. The number of fused-ring (bicyclic) bond motifs is 7. The molecule has 8 atom stereocenters. The van der Waals surface area contributed by atoms with E-state index >= 15 is 0 Å². The summed E-state index contributed by atoms with van der Waals surface area (Å²) in [6.45, 7) is 21.3. The molecular formula is C30H50. The van der Waals surface area contributed by atoms with Crippen molar-refractivity contribution >= 4 is 0 Å².